The molecule has 1 fully saturated rings. The molecule has 20 heavy (non-hydrogen) atoms. The molecule has 1 saturated heterocycles. The molecule has 0 bridgehead atoms. The summed E-state index contributed by atoms with van der Waals surface area (Å²) in [6, 6.07) is 4.55. The van der Waals surface area contributed by atoms with Gasteiger partial charge in [0.15, 0.2) is 0 Å². The lowest BCUT2D eigenvalue weighted by Crippen LogP contribution is -2.33. The first-order chi connectivity index (χ1) is 9.51. The molecule has 0 spiro atoms. The molecular weight excluding hydrogens is 284 g/mol. The van der Waals surface area contributed by atoms with Crippen LogP contribution in [0.2, 0.25) is 5.02 Å². The van der Waals surface area contributed by atoms with Crippen molar-refractivity contribution in [2.75, 3.05) is 25.5 Å². The van der Waals surface area contributed by atoms with Gasteiger partial charge in [-0.15, -0.1) is 0 Å². The number of hydrogen-bond acceptors (Lipinski definition) is 3. The topological polar surface area (TPSA) is 78.9 Å². The van der Waals surface area contributed by atoms with Crippen molar-refractivity contribution in [1.29, 1.82) is 0 Å². The van der Waals surface area contributed by atoms with E-state index in [1.54, 1.807) is 18.2 Å². The third kappa shape index (κ3) is 3.14. The highest BCUT2D eigenvalue weighted by atomic mass is 35.5. The molecule has 0 aromatic heterocycles. The van der Waals surface area contributed by atoms with Gasteiger partial charge >= 0.3 is 12.0 Å². The van der Waals surface area contributed by atoms with Gasteiger partial charge in [-0.1, -0.05) is 11.6 Å². The predicted molar refractivity (Wildman–Crippen MR) is 74.3 cm³/mol. The highest BCUT2D eigenvalue weighted by Gasteiger charge is 2.31. The van der Waals surface area contributed by atoms with Crippen LogP contribution >= 0.6 is 11.6 Å². The number of ether oxygens (including phenoxy) is 1. The predicted octanol–water partition coefficient (Wildman–Crippen LogP) is 2.29. The summed E-state index contributed by atoms with van der Waals surface area (Å²) in [5.41, 5.74) is 0.462. The van der Waals surface area contributed by atoms with Crippen molar-refractivity contribution in [3.8, 4) is 5.75 Å². The summed E-state index contributed by atoms with van der Waals surface area (Å²) in [7, 11) is 1.50. The number of carbonyl (C=O) groups is 2. The van der Waals surface area contributed by atoms with Crippen LogP contribution in [0.5, 0.6) is 5.75 Å². The van der Waals surface area contributed by atoms with Crippen LogP contribution in [0.3, 0.4) is 0 Å². The van der Waals surface area contributed by atoms with Crippen molar-refractivity contribution >= 4 is 29.3 Å². The van der Waals surface area contributed by atoms with Crippen LogP contribution in [-0.2, 0) is 4.79 Å². The van der Waals surface area contributed by atoms with E-state index in [0.717, 1.165) is 0 Å². The van der Waals surface area contributed by atoms with Crippen molar-refractivity contribution < 1.29 is 19.4 Å². The summed E-state index contributed by atoms with van der Waals surface area (Å²) >= 11 is 5.88. The molecule has 108 valence electrons. The van der Waals surface area contributed by atoms with E-state index in [9.17, 15) is 9.59 Å². The number of methoxy groups -OCH3 is 1. The Kier molecular flexibility index (Phi) is 4.34. The zero-order valence-electron chi connectivity index (χ0n) is 10.9. The minimum atomic E-state index is -0.874. The molecule has 1 aliphatic rings. The third-order valence-corrected chi connectivity index (χ3v) is 3.46. The average molecular weight is 299 g/mol. The van der Waals surface area contributed by atoms with Crippen molar-refractivity contribution in [1.82, 2.24) is 4.90 Å². The van der Waals surface area contributed by atoms with E-state index in [4.69, 9.17) is 21.4 Å². The van der Waals surface area contributed by atoms with Crippen molar-refractivity contribution in [2.45, 2.75) is 6.42 Å². The van der Waals surface area contributed by atoms with Crippen molar-refractivity contribution in [3.05, 3.63) is 23.2 Å². The first kappa shape index (κ1) is 14.5. The Bertz CT molecular complexity index is 535. The van der Waals surface area contributed by atoms with E-state index in [2.05, 4.69) is 5.32 Å². The number of carboxylic acid groups (broad SMARTS) is 1. The summed E-state index contributed by atoms with van der Waals surface area (Å²) < 4.78 is 5.14. The summed E-state index contributed by atoms with van der Waals surface area (Å²) in [4.78, 5) is 24.4. The molecule has 1 heterocycles. The highest BCUT2D eigenvalue weighted by molar-refractivity contribution is 6.31. The second-order valence-corrected chi connectivity index (χ2v) is 4.98. The summed E-state index contributed by atoms with van der Waals surface area (Å²) in [5, 5.41) is 12.1. The molecule has 1 atom stereocenters. The smallest absolute Gasteiger partial charge is 0.321 e. The van der Waals surface area contributed by atoms with Gasteiger partial charge in [-0.3, -0.25) is 4.79 Å². The molecule has 0 saturated carbocycles. The number of halogens is 1. The highest BCUT2D eigenvalue weighted by Crippen LogP contribution is 2.28. The lowest BCUT2D eigenvalue weighted by Gasteiger charge is -2.18. The maximum Gasteiger partial charge on any atom is 0.321 e. The number of nitrogens with one attached hydrogen (secondary N) is 1. The van der Waals surface area contributed by atoms with E-state index in [1.807, 2.05) is 0 Å². The zero-order valence-corrected chi connectivity index (χ0v) is 11.7. The molecule has 1 aromatic carbocycles. The largest absolute Gasteiger partial charge is 0.495 e. The van der Waals surface area contributed by atoms with Gasteiger partial charge in [0.25, 0.3) is 0 Å². The number of nitrogens with zero attached hydrogens (tertiary/aromatic N) is 1. The lowest BCUT2D eigenvalue weighted by molar-refractivity contribution is -0.141. The maximum atomic E-state index is 12.1. The van der Waals surface area contributed by atoms with E-state index >= 15 is 0 Å². The van der Waals surface area contributed by atoms with Gasteiger partial charge in [-0.25, -0.2) is 4.79 Å². The molecule has 0 radical (unpaired) electrons. The van der Waals surface area contributed by atoms with Crippen molar-refractivity contribution in [3.63, 3.8) is 0 Å². The first-order valence-electron chi connectivity index (χ1n) is 6.13. The standard InChI is InChI=1S/C13H15ClN2O4/c1-20-11-3-2-9(14)6-10(11)15-13(19)16-5-4-8(7-16)12(17)18/h2-3,6,8H,4-5,7H2,1H3,(H,15,19)(H,17,18). The number of urea groups is 1. The molecule has 1 unspecified atom stereocenters. The third-order valence-electron chi connectivity index (χ3n) is 3.23. The fourth-order valence-corrected chi connectivity index (χ4v) is 2.29. The number of hydrogen-bond donors (Lipinski definition) is 2. The van der Waals surface area contributed by atoms with Gasteiger partial charge in [0.2, 0.25) is 0 Å². The number of benzene rings is 1. The Labute approximate surface area is 121 Å². The Morgan fingerprint density at radius 3 is 2.85 bits per heavy atom. The number of anilines is 1. The van der Waals surface area contributed by atoms with Crippen LogP contribution in [0.15, 0.2) is 18.2 Å². The van der Waals surface area contributed by atoms with Crippen molar-refractivity contribution in [2.24, 2.45) is 5.92 Å². The van der Waals surface area contributed by atoms with E-state index in [-0.39, 0.29) is 12.6 Å². The van der Waals surface area contributed by atoms with Gasteiger partial charge in [-0.2, -0.15) is 0 Å². The molecule has 0 aliphatic carbocycles. The Morgan fingerprint density at radius 2 is 2.25 bits per heavy atom. The van der Waals surface area contributed by atoms with Crippen LogP contribution in [0.25, 0.3) is 0 Å². The second kappa shape index (κ2) is 6.00. The van der Waals surface area contributed by atoms with Crippen LogP contribution in [-0.4, -0.2) is 42.2 Å². The minimum Gasteiger partial charge on any atom is -0.495 e. The molecule has 6 nitrogen and oxygen atoms in total. The zero-order chi connectivity index (χ0) is 14.7. The van der Waals surface area contributed by atoms with Crippen LogP contribution in [0, 0.1) is 5.92 Å². The van der Waals surface area contributed by atoms with E-state index in [0.29, 0.717) is 29.4 Å². The monoisotopic (exact) mass is 298 g/mol. The Morgan fingerprint density at radius 1 is 1.50 bits per heavy atom. The minimum absolute atomic E-state index is 0.212. The summed E-state index contributed by atoms with van der Waals surface area (Å²) in [6.07, 6.45) is 0.468. The number of aliphatic carboxylic acids is 1. The maximum absolute atomic E-state index is 12.1. The SMILES string of the molecule is COc1ccc(Cl)cc1NC(=O)N1CCC(C(=O)O)C1. The number of rotatable bonds is 3. The molecule has 2 N–H and O–H groups in total. The van der Waals surface area contributed by atoms with Gasteiger partial charge in [0, 0.05) is 18.1 Å². The number of carbonyl (C=O) groups excluding carboxylic acids is 1. The quantitative estimate of drug-likeness (QED) is 0.897. The van der Waals surface area contributed by atoms with Crippen LogP contribution in [0.4, 0.5) is 10.5 Å². The van der Waals surface area contributed by atoms with Gasteiger partial charge in [0.05, 0.1) is 18.7 Å². The molecule has 2 amide bonds. The molecule has 1 aromatic rings. The number of amides is 2. The first-order valence-corrected chi connectivity index (χ1v) is 6.51. The van der Waals surface area contributed by atoms with E-state index < -0.39 is 11.9 Å². The normalized spacial score (nSPS) is 17.9. The molecule has 1 aliphatic heterocycles. The number of carboxylic acids is 1. The lowest BCUT2D eigenvalue weighted by atomic mass is 10.1. The van der Waals surface area contributed by atoms with Gasteiger partial charge < -0.3 is 20.1 Å². The van der Waals surface area contributed by atoms with Gasteiger partial charge in [0.1, 0.15) is 5.75 Å². The molecule has 7 heteroatoms. The Balaban J connectivity index is 2.05. The van der Waals surface area contributed by atoms with Crippen LogP contribution < -0.4 is 10.1 Å². The fraction of sp³-hybridized carbons (Fsp3) is 0.385. The van der Waals surface area contributed by atoms with Crippen LogP contribution in [0.1, 0.15) is 6.42 Å². The van der Waals surface area contributed by atoms with Gasteiger partial charge in [-0.05, 0) is 24.6 Å². The van der Waals surface area contributed by atoms with E-state index in [1.165, 1.54) is 12.0 Å². The molecular formula is C13H15ClN2O4. The number of likely N-dealkylation sites (tertiary alicyclic amines) is 1. The average Bonchev–Trinajstić information content (AvgIpc) is 2.89. The summed E-state index contributed by atoms with van der Waals surface area (Å²) in [6.45, 7) is 0.635. The Hall–Kier alpha value is -1.95. The fourth-order valence-electron chi connectivity index (χ4n) is 2.12. The second-order valence-electron chi connectivity index (χ2n) is 4.54. The molecule has 2 rings (SSSR count). The summed E-state index contributed by atoms with van der Waals surface area (Å²) in [5.74, 6) is -0.876.